The number of amides is 1. The van der Waals surface area contributed by atoms with Crippen LogP contribution in [0.1, 0.15) is 18.6 Å². The van der Waals surface area contributed by atoms with Gasteiger partial charge in [-0.2, -0.15) is 0 Å². The fourth-order valence-corrected chi connectivity index (χ4v) is 1.69. The number of nitrogens with one attached hydrogen (secondary N) is 1. The Labute approximate surface area is 131 Å². The van der Waals surface area contributed by atoms with Gasteiger partial charge in [0, 0.05) is 24.6 Å². The van der Waals surface area contributed by atoms with Gasteiger partial charge in [0.1, 0.15) is 11.5 Å². The summed E-state index contributed by atoms with van der Waals surface area (Å²) in [5.41, 5.74) is 5.98. The molecule has 0 fully saturated rings. The quantitative estimate of drug-likeness (QED) is 0.693. The molecule has 0 saturated heterocycles. The van der Waals surface area contributed by atoms with Gasteiger partial charge in [-0.25, -0.2) is 0 Å². The zero-order valence-electron chi connectivity index (χ0n) is 12.5. The first-order valence-corrected chi connectivity index (χ1v) is 6.41. The van der Waals surface area contributed by atoms with Crippen molar-refractivity contribution in [2.75, 3.05) is 27.3 Å². The molecule has 0 aromatic heterocycles. The molecular weight excluding hydrogens is 296 g/mol. The highest BCUT2D eigenvalue weighted by atomic mass is 35.5. The lowest BCUT2D eigenvalue weighted by Crippen LogP contribution is -2.35. The highest BCUT2D eigenvalue weighted by Crippen LogP contribution is 2.29. The SMILES string of the molecule is COc1ccc(OC)c(C(O)CNC(=O)C(C)CN)c1.Cl. The highest BCUT2D eigenvalue weighted by Gasteiger charge is 2.17. The maximum Gasteiger partial charge on any atom is 0.224 e. The molecule has 120 valence electrons. The van der Waals surface area contributed by atoms with Gasteiger partial charge in [0.05, 0.1) is 20.3 Å². The lowest BCUT2D eigenvalue weighted by molar-refractivity contribution is -0.124. The van der Waals surface area contributed by atoms with Gasteiger partial charge in [0.15, 0.2) is 0 Å². The summed E-state index contributed by atoms with van der Waals surface area (Å²) in [6.45, 7) is 2.09. The van der Waals surface area contributed by atoms with E-state index in [0.717, 1.165) is 0 Å². The molecule has 6 nitrogen and oxygen atoms in total. The van der Waals surface area contributed by atoms with Crippen molar-refractivity contribution in [3.63, 3.8) is 0 Å². The number of hydrogen-bond donors (Lipinski definition) is 3. The zero-order chi connectivity index (χ0) is 15.1. The van der Waals surface area contributed by atoms with E-state index < -0.39 is 6.10 Å². The average molecular weight is 319 g/mol. The van der Waals surface area contributed by atoms with Crippen molar-refractivity contribution >= 4 is 18.3 Å². The van der Waals surface area contributed by atoms with Crippen molar-refractivity contribution < 1.29 is 19.4 Å². The molecule has 4 N–H and O–H groups in total. The molecule has 2 unspecified atom stereocenters. The molecule has 0 spiro atoms. The van der Waals surface area contributed by atoms with Gasteiger partial charge in [-0.05, 0) is 18.2 Å². The molecule has 7 heteroatoms. The van der Waals surface area contributed by atoms with E-state index in [0.29, 0.717) is 17.1 Å². The summed E-state index contributed by atoms with van der Waals surface area (Å²) in [7, 11) is 3.07. The van der Waals surface area contributed by atoms with Crippen molar-refractivity contribution in [1.29, 1.82) is 0 Å². The molecule has 0 bridgehead atoms. The topological polar surface area (TPSA) is 93.8 Å². The maximum atomic E-state index is 11.6. The van der Waals surface area contributed by atoms with E-state index >= 15 is 0 Å². The fourth-order valence-electron chi connectivity index (χ4n) is 1.69. The lowest BCUT2D eigenvalue weighted by atomic mass is 10.1. The largest absolute Gasteiger partial charge is 0.497 e. The van der Waals surface area contributed by atoms with Gasteiger partial charge < -0.3 is 25.6 Å². The third-order valence-electron chi connectivity index (χ3n) is 3.07. The van der Waals surface area contributed by atoms with E-state index in [2.05, 4.69) is 5.32 Å². The Morgan fingerprint density at radius 1 is 1.38 bits per heavy atom. The Morgan fingerprint density at radius 3 is 2.57 bits per heavy atom. The zero-order valence-corrected chi connectivity index (χ0v) is 13.3. The van der Waals surface area contributed by atoms with Crippen LogP contribution >= 0.6 is 12.4 Å². The number of methoxy groups -OCH3 is 2. The van der Waals surface area contributed by atoms with Crippen molar-refractivity contribution in [2.45, 2.75) is 13.0 Å². The predicted molar refractivity (Wildman–Crippen MR) is 83.0 cm³/mol. The molecular formula is C14H23ClN2O4. The van der Waals surface area contributed by atoms with Gasteiger partial charge >= 0.3 is 0 Å². The summed E-state index contributed by atoms with van der Waals surface area (Å²) in [4.78, 5) is 11.6. The van der Waals surface area contributed by atoms with E-state index in [-0.39, 0.29) is 37.3 Å². The molecule has 21 heavy (non-hydrogen) atoms. The maximum absolute atomic E-state index is 11.6. The van der Waals surface area contributed by atoms with Gasteiger partial charge in [0.2, 0.25) is 5.91 Å². The number of aliphatic hydroxyl groups is 1. The molecule has 1 aromatic rings. The van der Waals surface area contributed by atoms with Crippen LogP contribution in [0.4, 0.5) is 0 Å². The van der Waals surface area contributed by atoms with Gasteiger partial charge in [-0.15, -0.1) is 12.4 Å². The number of benzene rings is 1. The van der Waals surface area contributed by atoms with Gasteiger partial charge in [-0.3, -0.25) is 4.79 Å². The van der Waals surface area contributed by atoms with Crippen molar-refractivity contribution in [2.24, 2.45) is 11.7 Å². The molecule has 0 aliphatic carbocycles. The van der Waals surface area contributed by atoms with Gasteiger partial charge in [0.25, 0.3) is 0 Å². The molecule has 1 aromatic carbocycles. The lowest BCUT2D eigenvalue weighted by Gasteiger charge is -2.17. The van der Waals surface area contributed by atoms with Crippen LogP contribution in [-0.4, -0.2) is 38.3 Å². The summed E-state index contributed by atoms with van der Waals surface area (Å²) in [6.07, 6.45) is -0.881. The third-order valence-corrected chi connectivity index (χ3v) is 3.07. The van der Waals surface area contributed by atoms with Crippen LogP contribution in [0.15, 0.2) is 18.2 Å². The minimum atomic E-state index is -0.881. The summed E-state index contributed by atoms with van der Waals surface area (Å²) < 4.78 is 10.3. The molecule has 2 atom stereocenters. The van der Waals surface area contributed by atoms with Crippen LogP contribution in [0.25, 0.3) is 0 Å². The van der Waals surface area contributed by atoms with Gasteiger partial charge in [-0.1, -0.05) is 6.92 Å². The van der Waals surface area contributed by atoms with Crippen LogP contribution in [0.2, 0.25) is 0 Å². The second-order valence-corrected chi connectivity index (χ2v) is 4.51. The normalized spacial score (nSPS) is 12.8. The first-order chi connectivity index (χ1) is 9.53. The summed E-state index contributed by atoms with van der Waals surface area (Å²) in [5, 5.41) is 12.8. The number of aliphatic hydroxyl groups excluding tert-OH is 1. The number of carbonyl (C=O) groups is 1. The van der Waals surface area contributed by atoms with E-state index in [1.165, 1.54) is 7.11 Å². The Kier molecular flexibility index (Phi) is 8.76. The van der Waals surface area contributed by atoms with Crippen molar-refractivity contribution in [1.82, 2.24) is 5.32 Å². The minimum Gasteiger partial charge on any atom is -0.497 e. The molecule has 1 rings (SSSR count). The standard InChI is InChI=1S/C14H22N2O4.ClH/c1-9(7-15)14(18)16-8-12(17)11-6-10(19-2)4-5-13(11)20-3;/h4-6,9,12,17H,7-8,15H2,1-3H3,(H,16,18);1H. The van der Waals surface area contributed by atoms with Crippen LogP contribution in [0.5, 0.6) is 11.5 Å². The third kappa shape index (κ3) is 5.41. The Balaban J connectivity index is 0.00000400. The molecule has 0 aliphatic rings. The first-order valence-electron chi connectivity index (χ1n) is 6.41. The van der Waals surface area contributed by atoms with Crippen molar-refractivity contribution in [3.05, 3.63) is 23.8 Å². The second kappa shape index (κ2) is 9.44. The number of carbonyl (C=O) groups excluding carboxylic acids is 1. The van der Waals surface area contributed by atoms with Crippen molar-refractivity contribution in [3.8, 4) is 11.5 Å². The highest BCUT2D eigenvalue weighted by molar-refractivity contribution is 5.85. The fraction of sp³-hybridized carbons (Fsp3) is 0.500. The van der Waals surface area contributed by atoms with Crippen LogP contribution in [0, 0.1) is 5.92 Å². The van der Waals surface area contributed by atoms with E-state index in [9.17, 15) is 9.90 Å². The summed E-state index contributed by atoms with van der Waals surface area (Å²) in [5.74, 6) is 0.684. The monoisotopic (exact) mass is 318 g/mol. The molecule has 0 heterocycles. The smallest absolute Gasteiger partial charge is 0.224 e. The Hall–Kier alpha value is -1.50. The Bertz CT molecular complexity index is 457. The number of ether oxygens (including phenoxy) is 2. The number of halogens is 1. The molecule has 0 aliphatic heterocycles. The van der Waals surface area contributed by atoms with E-state index in [4.69, 9.17) is 15.2 Å². The van der Waals surface area contributed by atoms with Crippen LogP contribution < -0.4 is 20.5 Å². The molecule has 0 radical (unpaired) electrons. The van der Waals surface area contributed by atoms with E-state index in [1.807, 2.05) is 0 Å². The second-order valence-electron chi connectivity index (χ2n) is 4.51. The number of hydrogen-bond acceptors (Lipinski definition) is 5. The number of rotatable bonds is 7. The van der Waals surface area contributed by atoms with E-state index in [1.54, 1.807) is 32.2 Å². The average Bonchev–Trinajstić information content (AvgIpc) is 2.50. The summed E-state index contributed by atoms with van der Waals surface area (Å²) >= 11 is 0. The summed E-state index contributed by atoms with van der Waals surface area (Å²) in [6, 6.07) is 5.13. The first kappa shape index (κ1) is 19.5. The Morgan fingerprint density at radius 2 is 2.05 bits per heavy atom. The molecule has 1 amide bonds. The number of nitrogens with two attached hydrogens (primary N) is 1. The molecule has 0 saturated carbocycles. The predicted octanol–water partition coefficient (Wildman–Crippen LogP) is 0.870. The van der Waals surface area contributed by atoms with Crippen LogP contribution in [-0.2, 0) is 4.79 Å². The van der Waals surface area contributed by atoms with Crippen LogP contribution in [0.3, 0.4) is 0 Å². The minimum absolute atomic E-state index is 0.